The molecule has 0 saturated heterocycles. The quantitative estimate of drug-likeness (QED) is 0.853. The molecule has 0 amide bonds. The zero-order valence-corrected chi connectivity index (χ0v) is 11.9. The van der Waals surface area contributed by atoms with Crippen molar-refractivity contribution >= 4 is 17.6 Å². The van der Waals surface area contributed by atoms with Crippen LogP contribution in [0.1, 0.15) is 41.7 Å². The van der Waals surface area contributed by atoms with Crippen molar-refractivity contribution in [2.45, 2.75) is 25.7 Å². The van der Waals surface area contributed by atoms with Crippen molar-refractivity contribution in [3.63, 3.8) is 0 Å². The first-order chi connectivity index (χ1) is 10.3. The van der Waals surface area contributed by atoms with Crippen LogP contribution in [0.15, 0.2) is 36.5 Å². The molecule has 108 valence electrons. The second-order valence-corrected chi connectivity index (χ2v) is 4.98. The lowest BCUT2D eigenvalue weighted by Crippen LogP contribution is -2.11. The van der Waals surface area contributed by atoms with Gasteiger partial charge in [-0.1, -0.05) is 18.2 Å². The van der Waals surface area contributed by atoms with E-state index >= 15 is 0 Å². The second-order valence-electron chi connectivity index (χ2n) is 4.98. The number of hydrogen-bond acceptors (Lipinski definition) is 5. The van der Waals surface area contributed by atoms with Crippen LogP contribution in [0, 0.1) is 0 Å². The number of para-hydroxylation sites is 1. The zero-order chi connectivity index (χ0) is 14.7. The van der Waals surface area contributed by atoms with Crippen LogP contribution in [0.4, 0.5) is 11.6 Å². The lowest BCUT2D eigenvalue weighted by molar-refractivity contribution is 0.0524. The van der Waals surface area contributed by atoms with Gasteiger partial charge in [-0.2, -0.15) is 0 Å². The maximum absolute atomic E-state index is 11.9. The Kier molecular flexibility index (Phi) is 3.81. The van der Waals surface area contributed by atoms with Gasteiger partial charge in [0, 0.05) is 17.8 Å². The third-order valence-corrected chi connectivity index (χ3v) is 3.31. The highest BCUT2D eigenvalue weighted by Crippen LogP contribution is 2.41. The van der Waals surface area contributed by atoms with E-state index in [4.69, 9.17) is 4.74 Å². The van der Waals surface area contributed by atoms with Crippen LogP contribution in [0.5, 0.6) is 0 Å². The summed E-state index contributed by atoms with van der Waals surface area (Å²) in [7, 11) is 0. The first-order valence-corrected chi connectivity index (χ1v) is 7.14. The van der Waals surface area contributed by atoms with Crippen molar-refractivity contribution in [2.24, 2.45) is 0 Å². The summed E-state index contributed by atoms with van der Waals surface area (Å²) >= 11 is 0. The molecule has 1 heterocycles. The fourth-order valence-corrected chi connectivity index (χ4v) is 2.14. The summed E-state index contributed by atoms with van der Waals surface area (Å²) in [6.07, 6.45) is 3.69. The molecule has 0 aliphatic heterocycles. The molecule has 21 heavy (non-hydrogen) atoms. The van der Waals surface area contributed by atoms with Crippen molar-refractivity contribution in [3.05, 3.63) is 47.8 Å². The highest BCUT2D eigenvalue weighted by Gasteiger charge is 2.31. The molecule has 1 N–H and O–H groups in total. The highest BCUT2D eigenvalue weighted by molar-refractivity contribution is 5.90. The number of nitrogens with zero attached hydrogens (tertiary/aromatic N) is 2. The number of hydrogen-bond donors (Lipinski definition) is 1. The monoisotopic (exact) mass is 283 g/mol. The fourth-order valence-electron chi connectivity index (χ4n) is 2.14. The van der Waals surface area contributed by atoms with E-state index in [1.54, 1.807) is 13.1 Å². The Morgan fingerprint density at radius 2 is 2.10 bits per heavy atom. The zero-order valence-electron chi connectivity index (χ0n) is 11.9. The molecule has 1 aliphatic carbocycles. The average Bonchev–Trinajstić information content (AvgIpc) is 3.33. The summed E-state index contributed by atoms with van der Waals surface area (Å²) in [6, 6.07) is 9.72. The number of rotatable bonds is 5. The minimum atomic E-state index is -0.342. The molecule has 1 saturated carbocycles. The number of ether oxygens (including phenoxy) is 1. The molecule has 1 aliphatic rings. The molecular formula is C16H17N3O2. The van der Waals surface area contributed by atoms with Gasteiger partial charge in [0.05, 0.1) is 17.9 Å². The summed E-state index contributed by atoms with van der Waals surface area (Å²) in [5, 5.41) is 3.15. The Labute approximate surface area is 123 Å². The first kappa shape index (κ1) is 13.5. The molecule has 5 heteroatoms. The smallest absolute Gasteiger partial charge is 0.341 e. The summed E-state index contributed by atoms with van der Waals surface area (Å²) in [6.45, 7) is 2.15. The largest absolute Gasteiger partial charge is 0.462 e. The standard InChI is InChI=1S/C16H17N3O2/c1-2-21-15(20)13-10-17-16(19-14(13)11-8-9-11)18-12-6-4-3-5-7-12/h3-7,10-11H,2,8-9H2,1H3,(H,17,18,19). The van der Waals surface area contributed by atoms with Gasteiger partial charge in [0.1, 0.15) is 0 Å². The Hall–Kier alpha value is -2.43. The molecule has 2 aromatic rings. The van der Waals surface area contributed by atoms with Crippen LogP contribution < -0.4 is 5.32 Å². The van der Waals surface area contributed by atoms with E-state index < -0.39 is 0 Å². The van der Waals surface area contributed by atoms with Crippen LogP contribution >= 0.6 is 0 Å². The lowest BCUT2D eigenvalue weighted by Gasteiger charge is -2.10. The van der Waals surface area contributed by atoms with Gasteiger partial charge >= 0.3 is 5.97 Å². The SMILES string of the molecule is CCOC(=O)c1cnc(Nc2ccccc2)nc1C1CC1. The summed E-state index contributed by atoms with van der Waals surface area (Å²) in [5.41, 5.74) is 2.20. The molecule has 0 unspecified atom stereocenters. The van der Waals surface area contributed by atoms with Gasteiger partial charge in [0.25, 0.3) is 0 Å². The van der Waals surface area contributed by atoms with Crippen LogP contribution in [-0.2, 0) is 4.74 Å². The Morgan fingerprint density at radius 3 is 2.76 bits per heavy atom. The van der Waals surface area contributed by atoms with E-state index in [0.29, 0.717) is 24.0 Å². The van der Waals surface area contributed by atoms with E-state index in [2.05, 4.69) is 15.3 Å². The summed E-state index contributed by atoms with van der Waals surface area (Å²) in [4.78, 5) is 20.7. The number of carbonyl (C=O) groups excluding carboxylic acids is 1. The van der Waals surface area contributed by atoms with Gasteiger partial charge < -0.3 is 10.1 Å². The fraction of sp³-hybridized carbons (Fsp3) is 0.312. The van der Waals surface area contributed by atoms with Crippen LogP contribution in [-0.4, -0.2) is 22.5 Å². The average molecular weight is 283 g/mol. The highest BCUT2D eigenvalue weighted by atomic mass is 16.5. The van der Waals surface area contributed by atoms with Gasteiger partial charge in [-0.25, -0.2) is 14.8 Å². The predicted molar refractivity (Wildman–Crippen MR) is 79.7 cm³/mol. The van der Waals surface area contributed by atoms with Crippen molar-refractivity contribution in [3.8, 4) is 0 Å². The first-order valence-electron chi connectivity index (χ1n) is 7.14. The van der Waals surface area contributed by atoms with Crippen molar-refractivity contribution in [1.82, 2.24) is 9.97 Å². The minimum absolute atomic E-state index is 0.342. The maximum atomic E-state index is 11.9. The molecule has 1 fully saturated rings. The third kappa shape index (κ3) is 3.18. The number of esters is 1. The van der Waals surface area contributed by atoms with E-state index in [1.807, 2.05) is 30.3 Å². The third-order valence-electron chi connectivity index (χ3n) is 3.31. The second kappa shape index (κ2) is 5.91. The number of aromatic nitrogens is 2. The molecule has 0 atom stereocenters. The Bertz CT molecular complexity index is 639. The van der Waals surface area contributed by atoms with Crippen molar-refractivity contribution < 1.29 is 9.53 Å². The molecule has 1 aromatic carbocycles. The molecule has 0 radical (unpaired) electrons. The predicted octanol–water partition coefficient (Wildman–Crippen LogP) is 3.27. The topological polar surface area (TPSA) is 64.1 Å². The van der Waals surface area contributed by atoms with Crippen LogP contribution in [0.25, 0.3) is 0 Å². The van der Waals surface area contributed by atoms with Crippen molar-refractivity contribution in [2.75, 3.05) is 11.9 Å². The van der Waals surface area contributed by atoms with E-state index in [1.165, 1.54) is 0 Å². The minimum Gasteiger partial charge on any atom is -0.462 e. The van der Waals surface area contributed by atoms with Gasteiger partial charge in [0.15, 0.2) is 0 Å². The lowest BCUT2D eigenvalue weighted by atomic mass is 10.1. The summed E-state index contributed by atoms with van der Waals surface area (Å²) < 4.78 is 5.07. The number of nitrogens with one attached hydrogen (secondary N) is 1. The maximum Gasteiger partial charge on any atom is 0.341 e. The van der Waals surface area contributed by atoms with Gasteiger partial charge in [-0.05, 0) is 31.9 Å². The number of anilines is 2. The van der Waals surface area contributed by atoms with Crippen LogP contribution in [0.3, 0.4) is 0 Å². The molecule has 0 bridgehead atoms. The number of benzene rings is 1. The van der Waals surface area contributed by atoms with E-state index in [9.17, 15) is 4.79 Å². The number of carbonyl (C=O) groups is 1. The Balaban J connectivity index is 1.87. The van der Waals surface area contributed by atoms with Gasteiger partial charge in [-0.15, -0.1) is 0 Å². The van der Waals surface area contributed by atoms with E-state index in [-0.39, 0.29) is 5.97 Å². The van der Waals surface area contributed by atoms with Gasteiger partial charge in [0.2, 0.25) is 5.95 Å². The molecule has 1 aromatic heterocycles. The molecular weight excluding hydrogens is 266 g/mol. The molecule has 3 rings (SSSR count). The van der Waals surface area contributed by atoms with Crippen molar-refractivity contribution in [1.29, 1.82) is 0 Å². The van der Waals surface area contributed by atoms with E-state index in [0.717, 1.165) is 24.2 Å². The Morgan fingerprint density at radius 1 is 1.33 bits per heavy atom. The van der Waals surface area contributed by atoms with Crippen LogP contribution in [0.2, 0.25) is 0 Å². The summed E-state index contributed by atoms with van der Waals surface area (Å²) in [5.74, 6) is 0.519. The normalized spacial score (nSPS) is 13.8. The molecule has 0 spiro atoms. The molecule has 5 nitrogen and oxygen atoms in total. The van der Waals surface area contributed by atoms with Gasteiger partial charge in [-0.3, -0.25) is 0 Å².